The van der Waals surface area contributed by atoms with Crippen LogP contribution in [0.3, 0.4) is 0 Å². The van der Waals surface area contributed by atoms with Crippen molar-refractivity contribution in [2.45, 2.75) is 18.7 Å². The number of nitrogens with two attached hydrogens (primary N) is 1. The second-order valence-corrected chi connectivity index (χ2v) is 3.33. The molecule has 0 aliphatic rings. The molecule has 0 spiro atoms. The molecule has 16 heavy (non-hydrogen) atoms. The molecule has 6 heteroatoms. The lowest BCUT2D eigenvalue weighted by atomic mass is 9.98. The number of phenols is 1. The van der Waals surface area contributed by atoms with Crippen LogP contribution in [-0.4, -0.2) is 16.8 Å². The van der Waals surface area contributed by atoms with E-state index < -0.39 is 29.2 Å². The normalized spacial score (nSPS) is 13.8. The highest BCUT2D eigenvalue weighted by Crippen LogP contribution is 2.39. The standard InChI is InChI=1S/C10H12F3NO2/c11-10(12,13)6-2-1-3-7(15)9(6)8(16)4-5-14/h1-3,8,15-16H,4-5,14H2. The highest BCUT2D eigenvalue weighted by molar-refractivity contribution is 5.42. The van der Waals surface area contributed by atoms with Crippen LogP contribution in [0.5, 0.6) is 5.75 Å². The minimum atomic E-state index is -4.61. The van der Waals surface area contributed by atoms with E-state index in [1.165, 1.54) is 0 Å². The molecule has 0 heterocycles. The lowest BCUT2D eigenvalue weighted by Crippen LogP contribution is -2.14. The molecular weight excluding hydrogens is 223 g/mol. The van der Waals surface area contributed by atoms with Crippen LogP contribution in [0.25, 0.3) is 0 Å². The summed E-state index contributed by atoms with van der Waals surface area (Å²) in [5.41, 5.74) is 3.61. The summed E-state index contributed by atoms with van der Waals surface area (Å²) >= 11 is 0. The van der Waals surface area contributed by atoms with E-state index in [4.69, 9.17) is 5.73 Å². The van der Waals surface area contributed by atoms with Crippen molar-refractivity contribution in [1.29, 1.82) is 0 Å². The van der Waals surface area contributed by atoms with E-state index in [2.05, 4.69) is 0 Å². The molecule has 0 aromatic heterocycles. The number of halogens is 3. The zero-order chi connectivity index (χ0) is 12.3. The second kappa shape index (κ2) is 4.71. The molecule has 0 aliphatic heterocycles. The van der Waals surface area contributed by atoms with Gasteiger partial charge >= 0.3 is 6.18 Å². The van der Waals surface area contributed by atoms with Gasteiger partial charge < -0.3 is 15.9 Å². The predicted octanol–water partition coefficient (Wildman–Crippen LogP) is 1.79. The summed E-state index contributed by atoms with van der Waals surface area (Å²) in [4.78, 5) is 0. The van der Waals surface area contributed by atoms with Crippen LogP contribution in [0, 0.1) is 0 Å². The lowest BCUT2D eigenvalue weighted by molar-refractivity contribution is -0.139. The maximum absolute atomic E-state index is 12.6. The lowest BCUT2D eigenvalue weighted by Gasteiger charge is -2.18. The van der Waals surface area contributed by atoms with Crippen LogP contribution in [-0.2, 0) is 6.18 Å². The third kappa shape index (κ3) is 2.65. The van der Waals surface area contributed by atoms with Crippen molar-refractivity contribution in [2.24, 2.45) is 5.73 Å². The van der Waals surface area contributed by atoms with Gasteiger partial charge in [-0.3, -0.25) is 0 Å². The molecule has 0 saturated heterocycles. The summed E-state index contributed by atoms with van der Waals surface area (Å²) in [5.74, 6) is -0.573. The van der Waals surface area contributed by atoms with Crippen LogP contribution in [0.1, 0.15) is 23.7 Å². The number of aromatic hydroxyl groups is 1. The van der Waals surface area contributed by atoms with Gasteiger partial charge in [0, 0.05) is 5.56 Å². The van der Waals surface area contributed by atoms with Crippen LogP contribution in [0.15, 0.2) is 18.2 Å². The van der Waals surface area contributed by atoms with E-state index in [0.29, 0.717) is 0 Å². The zero-order valence-electron chi connectivity index (χ0n) is 8.33. The average molecular weight is 235 g/mol. The average Bonchev–Trinajstić information content (AvgIpc) is 2.16. The number of aliphatic hydroxyl groups excluding tert-OH is 1. The smallest absolute Gasteiger partial charge is 0.416 e. The van der Waals surface area contributed by atoms with Crippen molar-refractivity contribution >= 4 is 0 Å². The summed E-state index contributed by atoms with van der Waals surface area (Å²) in [7, 11) is 0. The highest BCUT2D eigenvalue weighted by atomic mass is 19.4. The minimum absolute atomic E-state index is 0.0345. The Kier molecular flexibility index (Phi) is 3.77. The number of hydrogen-bond acceptors (Lipinski definition) is 3. The Morgan fingerprint density at radius 3 is 2.44 bits per heavy atom. The summed E-state index contributed by atoms with van der Waals surface area (Å²) in [5, 5.41) is 18.9. The Labute approximate surface area is 90.3 Å². The summed E-state index contributed by atoms with van der Waals surface area (Å²) in [6.45, 7) is 0.0345. The number of benzene rings is 1. The number of phenolic OH excluding ortho intramolecular Hbond substituents is 1. The Morgan fingerprint density at radius 1 is 1.31 bits per heavy atom. The van der Waals surface area contributed by atoms with E-state index in [0.717, 1.165) is 18.2 Å². The first-order valence-corrected chi connectivity index (χ1v) is 4.65. The molecule has 90 valence electrons. The molecule has 0 aliphatic carbocycles. The molecule has 3 nitrogen and oxygen atoms in total. The Hall–Kier alpha value is -1.27. The van der Waals surface area contributed by atoms with Gasteiger partial charge in [-0.15, -0.1) is 0 Å². The van der Waals surface area contributed by atoms with Crippen molar-refractivity contribution in [3.8, 4) is 5.75 Å². The number of aliphatic hydroxyl groups is 1. The SMILES string of the molecule is NCCC(O)c1c(O)cccc1C(F)(F)F. The predicted molar refractivity (Wildman–Crippen MR) is 51.7 cm³/mol. The van der Waals surface area contributed by atoms with E-state index in [9.17, 15) is 23.4 Å². The van der Waals surface area contributed by atoms with Crippen LogP contribution in [0.4, 0.5) is 13.2 Å². The summed E-state index contributed by atoms with van der Waals surface area (Å²) in [6, 6.07) is 3.00. The molecular formula is C10H12F3NO2. The van der Waals surface area contributed by atoms with Gasteiger partial charge in [0.2, 0.25) is 0 Å². The molecule has 1 aromatic carbocycles. The Bertz CT molecular complexity index is 366. The van der Waals surface area contributed by atoms with Crippen LogP contribution < -0.4 is 5.73 Å². The molecule has 0 bridgehead atoms. The molecule has 1 rings (SSSR count). The van der Waals surface area contributed by atoms with Gasteiger partial charge in [-0.25, -0.2) is 0 Å². The fourth-order valence-corrected chi connectivity index (χ4v) is 1.45. The fraction of sp³-hybridized carbons (Fsp3) is 0.400. The van der Waals surface area contributed by atoms with E-state index >= 15 is 0 Å². The zero-order valence-corrected chi connectivity index (χ0v) is 8.33. The van der Waals surface area contributed by atoms with Crippen molar-refractivity contribution in [3.05, 3.63) is 29.3 Å². The van der Waals surface area contributed by atoms with Gasteiger partial charge in [0.05, 0.1) is 11.7 Å². The molecule has 0 radical (unpaired) electrons. The first-order valence-electron chi connectivity index (χ1n) is 4.65. The van der Waals surface area contributed by atoms with Crippen LogP contribution >= 0.6 is 0 Å². The topological polar surface area (TPSA) is 66.5 Å². The van der Waals surface area contributed by atoms with Crippen molar-refractivity contribution in [2.75, 3.05) is 6.54 Å². The quantitative estimate of drug-likeness (QED) is 0.748. The van der Waals surface area contributed by atoms with Gasteiger partial charge in [-0.2, -0.15) is 13.2 Å². The largest absolute Gasteiger partial charge is 0.508 e. The second-order valence-electron chi connectivity index (χ2n) is 3.33. The van der Waals surface area contributed by atoms with E-state index in [-0.39, 0.29) is 13.0 Å². The highest BCUT2D eigenvalue weighted by Gasteiger charge is 2.36. The van der Waals surface area contributed by atoms with Crippen molar-refractivity contribution in [3.63, 3.8) is 0 Å². The third-order valence-corrected chi connectivity index (χ3v) is 2.16. The molecule has 0 saturated carbocycles. The molecule has 1 unspecified atom stereocenters. The fourth-order valence-electron chi connectivity index (χ4n) is 1.45. The van der Waals surface area contributed by atoms with Gasteiger partial charge in [-0.1, -0.05) is 6.07 Å². The molecule has 0 amide bonds. The monoisotopic (exact) mass is 235 g/mol. The van der Waals surface area contributed by atoms with Crippen LogP contribution in [0.2, 0.25) is 0 Å². The third-order valence-electron chi connectivity index (χ3n) is 2.16. The molecule has 4 N–H and O–H groups in total. The number of hydrogen-bond donors (Lipinski definition) is 3. The summed E-state index contributed by atoms with van der Waals surface area (Å²) in [6.07, 6.45) is -6.06. The van der Waals surface area contributed by atoms with Gasteiger partial charge in [0.1, 0.15) is 5.75 Å². The van der Waals surface area contributed by atoms with E-state index in [1.807, 2.05) is 0 Å². The van der Waals surface area contributed by atoms with Crippen molar-refractivity contribution in [1.82, 2.24) is 0 Å². The van der Waals surface area contributed by atoms with Crippen molar-refractivity contribution < 1.29 is 23.4 Å². The minimum Gasteiger partial charge on any atom is -0.508 e. The first kappa shape index (κ1) is 12.8. The molecule has 1 atom stereocenters. The molecule has 1 aromatic rings. The summed E-state index contributed by atoms with van der Waals surface area (Å²) < 4.78 is 37.7. The maximum Gasteiger partial charge on any atom is 0.416 e. The number of alkyl halides is 3. The first-order chi connectivity index (χ1) is 7.38. The van der Waals surface area contributed by atoms with E-state index in [1.54, 1.807) is 0 Å². The molecule has 0 fully saturated rings. The Morgan fingerprint density at radius 2 is 1.94 bits per heavy atom. The maximum atomic E-state index is 12.6. The van der Waals surface area contributed by atoms with Gasteiger partial charge in [0.15, 0.2) is 0 Å². The van der Waals surface area contributed by atoms with Gasteiger partial charge in [0.25, 0.3) is 0 Å². The Balaban J connectivity index is 3.24. The number of rotatable bonds is 3. The van der Waals surface area contributed by atoms with Gasteiger partial charge in [-0.05, 0) is 25.1 Å².